The number of rotatable bonds is 0. The number of allylic oxidation sites excluding steroid dienone is 8. The standard InChI is InChI=1S/2C9H7.2C7H10.2ClH.2Zr/c2*1-2-5-9-7-3-6-8(9)4-1;2*1-6-3-4-7(2)5-6;;;;/h2*1-7H;2*3,5H,4H2,1-2H3;2*1H;;/q2*-1;;;;;;/p-2. The Bertz CT molecular complexity index is 1110. The summed E-state index contributed by atoms with van der Waals surface area (Å²) in [4.78, 5) is 0. The van der Waals surface area contributed by atoms with Crippen molar-refractivity contribution in [1.29, 1.82) is 0 Å². The Labute approximate surface area is 268 Å². The minimum atomic E-state index is 0. The Hall–Kier alpha value is -1.03. The van der Waals surface area contributed by atoms with E-state index in [0.717, 1.165) is 0 Å². The molecule has 0 radical (unpaired) electrons. The molecule has 4 aromatic carbocycles. The van der Waals surface area contributed by atoms with Crippen molar-refractivity contribution in [2.45, 2.75) is 40.5 Å². The Kier molecular flexibility index (Phi) is 20.6. The minimum Gasteiger partial charge on any atom is -1.00 e. The molecule has 2 aliphatic rings. The fourth-order valence-electron chi connectivity index (χ4n) is 3.80. The van der Waals surface area contributed by atoms with Crippen molar-refractivity contribution in [3.63, 3.8) is 0 Å². The molecule has 36 heavy (non-hydrogen) atoms. The zero-order valence-electron chi connectivity index (χ0n) is 21.6. The van der Waals surface area contributed by atoms with Crippen LogP contribution < -0.4 is 24.8 Å². The van der Waals surface area contributed by atoms with Crippen LogP contribution in [0.2, 0.25) is 0 Å². The smallest absolute Gasteiger partial charge is 0 e. The van der Waals surface area contributed by atoms with Crippen LogP contribution in [0.1, 0.15) is 40.5 Å². The van der Waals surface area contributed by atoms with Crippen LogP contribution in [0.25, 0.3) is 21.5 Å². The van der Waals surface area contributed by atoms with Crippen LogP contribution in [0, 0.1) is 0 Å². The van der Waals surface area contributed by atoms with E-state index in [1.54, 1.807) is 0 Å². The molecule has 0 spiro atoms. The van der Waals surface area contributed by atoms with Gasteiger partial charge in [-0.25, -0.2) is 0 Å². The van der Waals surface area contributed by atoms with Gasteiger partial charge >= 0.3 is 0 Å². The van der Waals surface area contributed by atoms with Crippen LogP contribution in [0.5, 0.6) is 0 Å². The Morgan fingerprint density at radius 2 is 0.889 bits per heavy atom. The summed E-state index contributed by atoms with van der Waals surface area (Å²) in [5, 5.41) is 5.32. The van der Waals surface area contributed by atoms with Crippen LogP contribution in [-0.2, 0) is 52.4 Å². The Morgan fingerprint density at radius 1 is 0.528 bits per heavy atom. The molecule has 0 saturated carbocycles. The molecule has 4 aromatic rings. The molecule has 0 bridgehead atoms. The van der Waals surface area contributed by atoms with Crippen LogP contribution in [0.3, 0.4) is 0 Å². The van der Waals surface area contributed by atoms with Crippen LogP contribution >= 0.6 is 0 Å². The summed E-state index contributed by atoms with van der Waals surface area (Å²) in [6.07, 6.45) is 11.3. The van der Waals surface area contributed by atoms with Gasteiger partial charge in [0.25, 0.3) is 0 Å². The second kappa shape index (κ2) is 20.0. The molecule has 0 saturated heterocycles. The van der Waals surface area contributed by atoms with Gasteiger partial charge in [0.2, 0.25) is 0 Å². The van der Waals surface area contributed by atoms with Gasteiger partial charge in [-0.2, -0.15) is 35.0 Å². The van der Waals surface area contributed by atoms with Gasteiger partial charge in [-0.3, -0.25) is 0 Å². The van der Waals surface area contributed by atoms with Crippen molar-refractivity contribution in [1.82, 2.24) is 0 Å². The Morgan fingerprint density at radius 3 is 1.14 bits per heavy atom. The average molecular weight is 672 g/mol. The van der Waals surface area contributed by atoms with Gasteiger partial charge in [-0.1, -0.05) is 58.7 Å². The van der Waals surface area contributed by atoms with Gasteiger partial charge < -0.3 is 24.8 Å². The molecule has 4 heteroatoms. The third-order valence-electron chi connectivity index (χ3n) is 5.54. The fraction of sp³-hybridized carbons (Fsp3) is 0.188. The number of fused-ring (bicyclic) bond motifs is 2. The van der Waals surface area contributed by atoms with Crippen molar-refractivity contribution in [3.8, 4) is 0 Å². The van der Waals surface area contributed by atoms with E-state index in [-0.39, 0.29) is 77.2 Å². The first-order valence-corrected chi connectivity index (χ1v) is 11.4. The first-order chi connectivity index (χ1) is 15.5. The summed E-state index contributed by atoms with van der Waals surface area (Å²) in [5.41, 5.74) is 5.80. The monoisotopic (exact) mass is 668 g/mol. The van der Waals surface area contributed by atoms with E-state index in [0.29, 0.717) is 0 Å². The van der Waals surface area contributed by atoms with E-state index in [9.17, 15) is 0 Å². The molecule has 0 amide bonds. The van der Waals surface area contributed by atoms with Crippen molar-refractivity contribution in [2.75, 3.05) is 0 Å². The summed E-state index contributed by atoms with van der Waals surface area (Å²) in [5.74, 6) is 0. The SMILES string of the molecule is CC1=CCC(C)=C1.CC1=CCC(C)=C1.[Cl-].[Cl-].[Zr].[Zr].c1ccc2[cH-]ccc2c1.c1ccc2[cH-]ccc2c1. The molecule has 0 heterocycles. The molecule has 0 atom stereocenters. The van der Waals surface area contributed by atoms with E-state index in [2.05, 4.69) is 137 Å². The largest absolute Gasteiger partial charge is 1.00 e. The average Bonchev–Trinajstić information content (AvgIpc) is 3.58. The summed E-state index contributed by atoms with van der Waals surface area (Å²) in [6, 6.07) is 29.3. The third kappa shape index (κ3) is 13.0. The van der Waals surface area contributed by atoms with E-state index >= 15 is 0 Å². The normalized spacial score (nSPS) is 12.6. The molecule has 2 aliphatic carbocycles. The van der Waals surface area contributed by atoms with Gasteiger partial charge in [0, 0.05) is 52.4 Å². The van der Waals surface area contributed by atoms with Gasteiger partial charge in [0.15, 0.2) is 0 Å². The van der Waals surface area contributed by atoms with Gasteiger partial charge in [0.05, 0.1) is 0 Å². The van der Waals surface area contributed by atoms with Crippen LogP contribution in [0.4, 0.5) is 0 Å². The molecule has 0 nitrogen and oxygen atoms in total. The molecule has 188 valence electrons. The van der Waals surface area contributed by atoms with Crippen molar-refractivity contribution >= 4 is 21.5 Å². The van der Waals surface area contributed by atoms with Crippen molar-refractivity contribution < 1.29 is 77.2 Å². The minimum absolute atomic E-state index is 0. The Balaban J connectivity index is 0. The molecule has 0 unspecified atom stereocenters. The molecule has 0 aromatic heterocycles. The van der Waals surface area contributed by atoms with Gasteiger partial charge in [-0.15, -0.1) is 59.3 Å². The van der Waals surface area contributed by atoms with Crippen molar-refractivity contribution in [3.05, 3.63) is 132 Å². The first-order valence-electron chi connectivity index (χ1n) is 11.4. The van der Waals surface area contributed by atoms with E-state index < -0.39 is 0 Å². The summed E-state index contributed by atoms with van der Waals surface area (Å²) in [6.45, 7) is 8.59. The maximum absolute atomic E-state index is 2.25. The number of halogens is 2. The van der Waals surface area contributed by atoms with E-state index in [1.807, 2.05) is 0 Å². The summed E-state index contributed by atoms with van der Waals surface area (Å²) in [7, 11) is 0. The second-order valence-electron chi connectivity index (χ2n) is 8.60. The van der Waals surface area contributed by atoms with E-state index in [4.69, 9.17) is 0 Å². The molecule has 0 fully saturated rings. The zero-order valence-corrected chi connectivity index (χ0v) is 28.0. The second-order valence-corrected chi connectivity index (χ2v) is 8.60. The molecule has 0 N–H and O–H groups in total. The number of benzene rings is 2. The quantitative estimate of drug-likeness (QED) is 0.251. The summed E-state index contributed by atoms with van der Waals surface area (Å²) < 4.78 is 0. The van der Waals surface area contributed by atoms with E-state index in [1.165, 1.54) is 56.7 Å². The topological polar surface area (TPSA) is 0 Å². The maximum atomic E-state index is 2.25. The number of hydrogen-bond acceptors (Lipinski definition) is 0. The predicted octanol–water partition coefficient (Wildman–Crippen LogP) is 3.69. The van der Waals surface area contributed by atoms with Gasteiger partial charge in [-0.05, 0) is 40.5 Å². The number of hydrogen-bond donors (Lipinski definition) is 0. The van der Waals surface area contributed by atoms with Crippen LogP contribution in [-0.4, -0.2) is 0 Å². The van der Waals surface area contributed by atoms with Gasteiger partial charge in [0.1, 0.15) is 0 Å². The summed E-state index contributed by atoms with van der Waals surface area (Å²) >= 11 is 0. The van der Waals surface area contributed by atoms with Crippen molar-refractivity contribution in [2.24, 2.45) is 0 Å². The van der Waals surface area contributed by atoms with Crippen LogP contribution in [0.15, 0.2) is 132 Å². The molecular weight excluding hydrogens is 638 g/mol. The molecule has 6 rings (SSSR count). The molecule has 0 aliphatic heterocycles. The fourth-order valence-corrected chi connectivity index (χ4v) is 3.80. The third-order valence-corrected chi connectivity index (χ3v) is 5.54. The zero-order chi connectivity index (χ0) is 22.8. The molecular formula is C32H34Cl2Zr2-4. The predicted molar refractivity (Wildman–Crippen MR) is 143 cm³/mol. The first kappa shape index (κ1) is 37.1. The maximum Gasteiger partial charge on any atom is 0 e.